The molecule has 0 saturated carbocycles. The van der Waals surface area contributed by atoms with E-state index in [2.05, 4.69) is 74.9 Å². The summed E-state index contributed by atoms with van der Waals surface area (Å²) in [5, 5.41) is 10.1. The number of benzene rings is 1. The summed E-state index contributed by atoms with van der Waals surface area (Å²) in [6.07, 6.45) is 0. The molecule has 0 aliphatic rings. The molecule has 7 heteroatoms. The number of rotatable bonds is 3. The topological polar surface area (TPSA) is 78.5 Å². The fraction of sp³-hybridized carbons (Fsp3) is 0.278. The highest BCUT2D eigenvalue weighted by atomic mass is 32.1. The zero-order valence-electron chi connectivity index (χ0n) is 14.6. The summed E-state index contributed by atoms with van der Waals surface area (Å²) >= 11 is 1.72. The van der Waals surface area contributed by atoms with Crippen molar-refractivity contribution in [2.75, 3.05) is 10.6 Å². The van der Waals surface area contributed by atoms with Gasteiger partial charge in [-0.25, -0.2) is 4.98 Å². The van der Waals surface area contributed by atoms with Gasteiger partial charge in [0, 0.05) is 15.9 Å². The average molecular weight is 352 g/mol. The van der Waals surface area contributed by atoms with E-state index in [0.29, 0.717) is 11.6 Å². The van der Waals surface area contributed by atoms with E-state index in [4.69, 9.17) is 0 Å². The van der Waals surface area contributed by atoms with Gasteiger partial charge in [0.15, 0.2) is 11.5 Å². The summed E-state index contributed by atoms with van der Waals surface area (Å²) in [7, 11) is 0. The molecular weight excluding hydrogens is 332 g/mol. The number of nitrogens with zero attached hydrogens (tertiary/aromatic N) is 3. The third-order valence-electron chi connectivity index (χ3n) is 3.68. The van der Waals surface area contributed by atoms with Crippen LogP contribution in [0.5, 0.6) is 0 Å². The third-order valence-corrected chi connectivity index (χ3v) is 4.55. The Bertz CT molecular complexity index is 1060. The maximum atomic E-state index is 4.66. The molecule has 0 spiro atoms. The van der Waals surface area contributed by atoms with Crippen molar-refractivity contribution in [2.45, 2.75) is 33.2 Å². The summed E-state index contributed by atoms with van der Waals surface area (Å²) < 4.78 is 1.23. The van der Waals surface area contributed by atoms with Crippen molar-refractivity contribution in [3.8, 4) is 0 Å². The first-order valence-electron chi connectivity index (χ1n) is 8.14. The molecule has 0 aliphatic heterocycles. The Morgan fingerprint density at radius 3 is 2.72 bits per heavy atom. The first-order valence-corrected chi connectivity index (χ1v) is 9.02. The second-order valence-electron chi connectivity index (χ2n) is 7.09. The zero-order chi connectivity index (χ0) is 17.6. The first-order chi connectivity index (χ1) is 11.9. The zero-order valence-corrected chi connectivity index (χ0v) is 15.5. The molecule has 0 aliphatic carbocycles. The van der Waals surface area contributed by atoms with Gasteiger partial charge in [-0.05, 0) is 56.7 Å². The number of thiophene rings is 1. The molecule has 0 unspecified atom stereocenters. The Labute approximate surface area is 149 Å². The molecule has 0 bridgehead atoms. The molecular formula is C18H20N6S. The van der Waals surface area contributed by atoms with Crippen LogP contribution in [0.25, 0.3) is 21.3 Å². The Balaban J connectivity index is 1.75. The van der Waals surface area contributed by atoms with Crippen molar-refractivity contribution >= 4 is 50.0 Å². The quantitative estimate of drug-likeness (QED) is 0.492. The van der Waals surface area contributed by atoms with E-state index in [9.17, 15) is 0 Å². The molecule has 0 radical (unpaired) electrons. The van der Waals surface area contributed by atoms with Gasteiger partial charge >= 0.3 is 0 Å². The van der Waals surface area contributed by atoms with Crippen LogP contribution in [0, 0.1) is 6.92 Å². The number of fused-ring (bicyclic) bond motifs is 2. The lowest BCUT2D eigenvalue weighted by Gasteiger charge is -2.21. The normalized spacial score (nSPS) is 12.0. The highest BCUT2D eigenvalue weighted by Gasteiger charge is 2.17. The smallest absolute Gasteiger partial charge is 0.231 e. The highest BCUT2D eigenvalue weighted by molar-refractivity contribution is 7.17. The molecule has 4 aromatic rings. The third kappa shape index (κ3) is 3.28. The number of hydrogen-bond donors (Lipinski definition) is 3. The summed E-state index contributed by atoms with van der Waals surface area (Å²) in [4.78, 5) is 16.9. The van der Waals surface area contributed by atoms with Crippen molar-refractivity contribution < 1.29 is 0 Å². The van der Waals surface area contributed by atoms with Crippen LogP contribution in [0.2, 0.25) is 0 Å². The number of nitrogens with one attached hydrogen (secondary N) is 3. The molecule has 3 heterocycles. The number of anilines is 3. The highest BCUT2D eigenvalue weighted by Crippen LogP contribution is 2.27. The summed E-state index contributed by atoms with van der Waals surface area (Å²) in [6, 6.07) is 8.36. The lowest BCUT2D eigenvalue weighted by molar-refractivity contribution is 0.631. The number of aryl methyl sites for hydroxylation is 1. The van der Waals surface area contributed by atoms with Gasteiger partial charge in [0.25, 0.3) is 0 Å². The molecule has 4 rings (SSSR count). The number of H-pyrrole nitrogens is 1. The second-order valence-corrected chi connectivity index (χ2v) is 8.04. The molecule has 0 atom stereocenters. The van der Waals surface area contributed by atoms with Crippen LogP contribution >= 0.6 is 11.3 Å². The van der Waals surface area contributed by atoms with Gasteiger partial charge < -0.3 is 15.6 Å². The Kier molecular flexibility index (Phi) is 3.61. The standard InChI is InChI=1S/C18H20N6S/c1-10-19-14-15(20-10)22-17(23-16(14)24-18(2,3)4)21-12-6-5-11-7-8-25-13(11)9-12/h5-9H,1-4H3,(H3,19,20,21,22,23,24). The molecule has 0 saturated heterocycles. The molecule has 6 nitrogen and oxygen atoms in total. The van der Waals surface area contributed by atoms with Gasteiger partial charge in [0.1, 0.15) is 11.3 Å². The van der Waals surface area contributed by atoms with Crippen LogP contribution in [-0.4, -0.2) is 25.5 Å². The molecule has 0 fully saturated rings. The van der Waals surface area contributed by atoms with Crippen molar-refractivity contribution in [2.24, 2.45) is 0 Å². The maximum absolute atomic E-state index is 4.66. The van der Waals surface area contributed by atoms with Crippen LogP contribution in [-0.2, 0) is 0 Å². The van der Waals surface area contributed by atoms with Gasteiger partial charge in [-0.1, -0.05) is 6.07 Å². The van der Waals surface area contributed by atoms with E-state index >= 15 is 0 Å². The van der Waals surface area contributed by atoms with E-state index < -0.39 is 0 Å². The summed E-state index contributed by atoms with van der Waals surface area (Å²) in [5.74, 6) is 2.10. The van der Waals surface area contributed by atoms with E-state index in [1.165, 1.54) is 10.1 Å². The Morgan fingerprint density at radius 1 is 1.08 bits per heavy atom. The van der Waals surface area contributed by atoms with Gasteiger partial charge in [-0.15, -0.1) is 11.3 Å². The van der Waals surface area contributed by atoms with Gasteiger partial charge in [0.05, 0.1) is 0 Å². The number of aromatic nitrogens is 4. The fourth-order valence-electron chi connectivity index (χ4n) is 2.68. The lowest BCUT2D eigenvalue weighted by Crippen LogP contribution is -2.27. The second kappa shape index (κ2) is 5.70. The van der Waals surface area contributed by atoms with E-state index in [0.717, 1.165) is 22.8 Å². The summed E-state index contributed by atoms with van der Waals surface area (Å²) in [5.41, 5.74) is 2.32. The van der Waals surface area contributed by atoms with Gasteiger partial charge in [-0.2, -0.15) is 9.97 Å². The Hall–Kier alpha value is -2.67. The van der Waals surface area contributed by atoms with Crippen molar-refractivity contribution in [3.05, 3.63) is 35.5 Å². The minimum Gasteiger partial charge on any atom is -0.364 e. The minimum absolute atomic E-state index is 0.118. The van der Waals surface area contributed by atoms with Crippen LogP contribution in [0.15, 0.2) is 29.6 Å². The number of imidazole rings is 1. The SMILES string of the molecule is Cc1nc2nc(Nc3ccc4ccsc4c3)nc(NC(C)(C)C)c2[nH]1. The molecule has 3 N–H and O–H groups in total. The molecule has 128 valence electrons. The minimum atomic E-state index is -0.118. The molecule has 3 aromatic heterocycles. The van der Waals surface area contributed by atoms with Crippen molar-refractivity contribution in [1.82, 2.24) is 19.9 Å². The van der Waals surface area contributed by atoms with Gasteiger partial charge in [0.2, 0.25) is 5.95 Å². The van der Waals surface area contributed by atoms with Crippen LogP contribution in [0.4, 0.5) is 17.5 Å². The monoisotopic (exact) mass is 352 g/mol. The van der Waals surface area contributed by atoms with E-state index in [1.807, 2.05) is 13.0 Å². The predicted molar refractivity (Wildman–Crippen MR) is 105 cm³/mol. The molecule has 25 heavy (non-hydrogen) atoms. The predicted octanol–water partition coefficient (Wildman–Crippen LogP) is 4.83. The first kappa shape index (κ1) is 15.8. The van der Waals surface area contributed by atoms with Crippen LogP contribution in [0.3, 0.4) is 0 Å². The van der Waals surface area contributed by atoms with E-state index in [-0.39, 0.29) is 5.54 Å². The molecule has 0 amide bonds. The lowest BCUT2D eigenvalue weighted by atomic mass is 10.1. The van der Waals surface area contributed by atoms with E-state index in [1.54, 1.807) is 11.3 Å². The number of aromatic amines is 1. The fourth-order valence-corrected chi connectivity index (χ4v) is 3.50. The van der Waals surface area contributed by atoms with Crippen molar-refractivity contribution in [3.63, 3.8) is 0 Å². The Morgan fingerprint density at radius 2 is 1.92 bits per heavy atom. The average Bonchev–Trinajstić information content (AvgIpc) is 3.10. The largest absolute Gasteiger partial charge is 0.364 e. The molecule has 1 aromatic carbocycles. The van der Waals surface area contributed by atoms with Gasteiger partial charge in [-0.3, -0.25) is 0 Å². The van der Waals surface area contributed by atoms with Crippen molar-refractivity contribution in [1.29, 1.82) is 0 Å². The summed E-state index contributed by atoms with van der Waals surface area (Å²) in [6.45, 7) is 8.21. The van der Waals surface area contributed by atoms with Crippen LogP contribution < -0.4 is 10.6 Å². The maximum Gasteiger partial charge on any atom is 0.231 e. The van der Waals surface area contributed by atoms with Crippen LogP contribution in [0.1, 0.15) is 26.6 Å². The number of hydrogen-bond acceptors (Lipinski definition) is 6.